The van der Waals surface area contributed by atoms with Crippen LogP contribution in [-0.4, -0.2) is 17.8 Å². The van der Waals surface area contributed by atoms with Crippen molar-refractivity contribution in [3.8, 4) is 17.2 Å². The van der Waals surface area contributed by atoms with Crippen LogP contribution >= 0.6 is 0 Å². The number of carbonyl (C=O) groups excluding carboxylic acids is 1. The van der Waals surface area contributed by atoms with Crippen LogP contribution in [0.5, 0.6) is 17.2 Å². The lowest BCUT2D eigenvalue weighted by Gasteiger charge is -2.04. The Bertz CT molecular complexity index is 663. The molecule has 0 atom stereocenters. The number of fused-ring (bicyclic) bond motifs is 1. The van der Waals surface area contributed by atoms with Crippen LogP contribution in [0.2, 0.25) is 0 Å². The highest BCUT2D eigenvalue weighted by molar-refractivity contribution is 5.90. The molecule has 0 bridgehead atoms. The van der Waals surface area contributed by atoms with Gasteiger partial charge in [-0.05, 0) is 18.2 Å². The molecule has 3 rings (SSSR count). The second kappa shape index (κ2) is 6.32. The first-order valence-corrected chi connectivity index (χ1v) is 6.08. The largest absolute Gasteiger partial charge is 1.00 e. The second-order valence-corrected chi connectivity index (χ2v) is 4.35. The van der Waals surface area contributed by atoms with E-state index in [-0.39, 0.29) is 37.4 Å². The Morgan fingerprint density at radius 2 is 2.10 bits per heavy atom. The Morgan fingerprint density at radius 1 is 1.29 bits per heavy atom. The minimum atomic E-state index is -0.195. The summed E-state index contributed by atoms with van der Waals surface area (Å²) in [6, 6.07) is 8.43. The smallest absolute Gasteiger partial charge is 0.290 e. The van der Waals surface area contributed by atoms with Crippen LogP contribution in [0.3, 0.4) is 0 Å². The monoisotopic (exact) mass is 308 g/mol. The average Bonchev–Trinajstić information content (AvgIpc) is 2.86. The maximum absolute atomic E-state index is 11.9. The molecule has 0 aliphatic carbocycles. The number of ether oxygens (including phenoxy) is 2. The predicted octanol–water partition coefficient (Wildman–Crippen LogP) is -1.95. The summed E-state index contributed by atoms with van der Waals surface area (Å²) in [5, 5.41) is 12.1. The Balaban J connectivity index is 0.00000161. The van der Waals surface area contributed by atoms with Crippen LogP contribution in [0.1, 0.15) is 0 Å². The van der Waals surface area contributed by atoms with Crippen molar-refractivity contribution >= 4 is 11.6 Å². The summed E-state index contributed by atoms with van der Waals surface area (Å²) in [6.45, 7) is 0.314. The first-order chi connectivity index (χ1) is 9.70. The molecule has 0 spiro atoms. The summed E-state index contributed by atoms with van der Waals surface area (Å²) in [4.78, 5) is 11.9. The number of pyridine rings is 1. The van der Waals surface area contributed by atoms with Crippen molar-refractivity contribution in [2.45, 2.75) is 6.54 Å². The number of amides is 1. The van der Waals surface area contributed by atoms with E-state index in [1.54, 1.807) is 41.1 Å². The summed E-state index contributed by atoms with van der Waals surface area (Å²) < 4.78 is 12.0. The maximum atomic E-state index is 11.9. The summed E-state index contributed by atoms with van der Waals surface area (Å²) >= 11 is 0. The van der Waals surface area contributed by atoms with Gasteiger partial charge in [-0.3, -0.25) is 4.79 Å². The molecule has 1 aromatic carbocycles. The zero-order chi connectivity index (χ0) is 13.9. The maximum Gasteiger partial charge on any atom is 0.290 e. The average molecular weight is 309 g/mol. The van der Waals surface area contributed by atoms with Gasteiger partial charge in [0.1, 0.15) is 0 Å². The molecule has 2 heterocycles. The quantitative estimate of drug-likeness (QED) is 0.647. The minimum Gasteiger partial charge on any atom is -1.00 e. The molecule has 0 fully saturated rings. The molecular formula is C14H13ClN2O4. The van der Waals surface area contributed by atoms with Gasteiger partial charge < -0.3 is 32.3 Å². The molecule has 21 heavy (non-hydrogen) atoms. The predicted molar refractivity (Wildman–Crippen MR) is 69.5 cm³/mol. The lowest BCUT2D eigenvalue weighted by molar-refractivity contribution is -0.684. The van der Waals surface area contributed by atoms with Gasteiger partial charge in [-0.15, -0.1) is 0 Å². The Labute approximate surface area is 127 Å². The van der Waals surface area contributed by atoms with Crippen molar-refractivity contribution in [1.29, 1.82) is 0 Å². The second-order valence-electron chi connectivity index (χ2n) is 4.35. The molecule has 2 N–H and O–H groups in total. The molecule has 6 nitrogen and oxygen atoms in total. The highest BCUT2D eigenvalue weighted by Crippen LogP contribution is 2.34. The third-order valence-electron chi connectivity index (χ3n) is 2.83. The van der Waals surface area contributed by atoms with Crippen LogP contribution in [0.25, 0.3) is 0 Å². The van der Waals surface area contributed by atoms with E-state index in [2.05, 4.69) is 5.32 Å². The molecule has 7 heteroatoms. The van der Waals surface area contributed by atoms with Gasteiger partial charge in [0.05, 0.1) is 0 Å². The number of anilines is 1. The fraction of sp³-hybridized carbons (Fsp3) is 0.143. The number of aromatic nitrogens is 1. The third-order valence-corrected chi connectivity index (χ3v) is 2.83. The molecule has 1 aliphatic heterocycles. The van der Waals surface area contributed by atoms with E-state index in [4.69, 9.17) is 9.47 Å². The van der Waals surface area contributed by atoms with E-state index >= 15 is 0 Å². The molecule has 0 unspecified atom stereocenters. The zero-order valence-corrected chi connectivity index (χ0v) is 11.7. The van der Waals surface area contributed by atoms with Crippen molar-refractivity contribution in [3.63, 3.8) is 0 Å². The standard InChI is InChI=1S/C14H12N2O4.ClH/c17-11-2-1-5-16(7-11)8-14(18)15-10-3-4-12-13(6-10)20-9-19-12;/h1-7H,8-9H2,(H-,15,17,18);1H. The van der Waals surface area contributed by atoms with Gasteiger partial charge in [0.15, 0.2) is 23.4 Å². The lowest BCUT2D eigenvalue weighted by Crippen LogP contribution is -3.00. The van der Waals surface area contributed by atoms with Crippen molar-refractivity contribution in [1.82, 2.24) is 0 Å². The molecular weight excluding hydrogens is 296 g/mol. The third kappa shape index (κ3) is 3.55. The SMILES string of the molecule is O=C(C[n+]1cccc(O)c1)Nc1ccc2c(c1)OCO2.[Cl-]. The van der Waals surface area contributed by atoms with Gasteiger partial charge in [0, 0.05) is 17.8 Å². The van der Waals surface area contributed by atoms with E-state index in [0.717, 1.165) is 0 Å². The van der Waals surface area contributed by atoms with Crippen LogP contribution in [0, 0.1) is 0 Å². The van der Waals surface area contributed by atoms with Gasteiger partial charge in [0.2, 0.25) is 19.5 Å². The number of halogens is 1. The molecule has 0 radical (unpaired) electrons. The number of aromatic hydroxyl groups is 1. The van der Waals surface area contributed by atoms with E-state index in [9.17, 15) is 9.90 Å². The van der Waals surface area contributed by atoms with Crippen LogP contribution in [-0.2, 0) is 11.3 Å². The molecule has 1 aliphatic rings. The molecule has 110 valence electrons. The number of nitrogens with one attached hydrogen (secondary N) is 1. The van der Waals surface area contributed by atoms with Gasteiger partial charge in [-0.1, -0.05) is 0 Å². The fourth-order valence-corrected chi connectivity index (χ4v) is 1.95. The first-order valence-electron chi connectivity index (χ1n) is 6.08. The molecule has 1 amide bonds. The van der Waals surface area contributed by atoms with Crippen molar-refractivity contribution < 1.29 is 36.3 Å². The number of carbonyl (C=O) groups is 1. The topological polar surface area (TPSA) is 71.7 Å². The van der Waals surface area contributed by atoms with E-state index in [1.165, 1.54) is 6.20 Å². The highest BCUT2D eigenvalue weighted by atomic mass is 35.5. The minimum absolute atomic E-state index is 0. The number of rotatable bonds is 3. The first kappa shape index (κ1) is 14.9. The number of hydrogen-bond donors (Lipinski definition) is 2. The molecule has 1 aromatic heterocycles. The van der Waals surface area contributed by atoms with Gasteiger partial charge in [0.25, 0.3) is 5.91 Å². The Kier molecular flexibility index (Phi) is 4.49. The van der Waals surface area contributed by atoms with Crippen LogP contribution in [0.4, 0.5) is 5.69 Å². The van der Waals surface area contributed by atoms with Crippen LogP contribution in [0.15, 0.2) is 42.7 Å². The Morgan fingerprint density at radius 3 is 2.90 bits per heavy atom. The summed E-state index contributed by atoms with van der Waals surface area (Å²) in [5.74, 6) is 1.21. The van der Waals surface area contributed by atoms with Gasteiger partial charge >= 0.3 is 0 Å². The number of hydrogen-bond acceptors (Lipinski definition) is 4. The van der Waals surface area contributed by atoms with Crippen molar-refractivity contribution in [3.05, 3.63) is 42.7 Å². The van der Waals surface area contributed by atoms with E-state index < -0.39 is 0 Å². The number of benzene rings is 1. The fourth-order valence-electron chi connectivity index (χ4n) is 1.95. The Hall–Kier alpha value is -2.47. The van der Waals surface area contributed by atoms with E-state index in [1.807, 2.05) is 0 Å². The van der Waals surface area contributed by atoms with Gasteiger partial charge in [-0.25, -0.2) is 0 Å². The normalized spacial score (nSPS) is 11.6. The molecule has 0 saturated carbocycles. The van der Waals surface area contributed by atoms with Crippen molar-refractivity contribution in [2.24, 2.45) is 0 Å². The van der Waals surface area contributed by atoms with Crippen LogP contribution < -0.4 is 31.8 Å². The number of nitrogens with zero attached hydrogens (tertiary/aromatic N) is 1. The van der Waals surface area contributed by atoms with Crippen molar-refractivity contribution in [2.75, 3.05) is 12.1 Å². The summed E-state index contributed by atoms with van der Waals surface area (Å²) in [5.41, 5.74) is 0.639. The lowest BCUT2D eigenvalue weighted by atomic mass is 10.3. The van der Waals surface area contributed by atoms with Gasteiger partial charge in [-0.2, -0.15) is 4.57 Å². The summed E-state index contributed by atoms with van der Waals surface area (Å²) in [6.07, 6.45) is 3.19. The molecule has 2 aromatic rings. The summed E-state index contributed by atoms with van der Waals surface area (Å²) in [7, 11) is 0. The highest BCUT2D eigenvalue weighted by Gasteiger charge is 2.15. The van der Waals surface area contributed by atoms with E-state index in [0.29, 0.717) is 17.2 Å². The zero-order valence-electron chi connectivity index (χ0n) is 11.0. The molecule has 0 saturated heterocycles.